The molecule has 1 amide bonds. The van der Waals surface area contributed by atoms with Gasteiger partial charge in [0, 0.05) is 19.8 Å². The molecule has 2 aromatic heterocycles. The third kappa shape index (κ3) is 4.37. The monoisotopic (exact) mass is 459 g/mol. The van der Waals surface area contributed by atoms with Crippen molar-refractivity contribution in [1.29, 1.82) is 0 Å². The smallest absolute Gasteiger partial charge is 0.283 e. The molecule has 0 aliphatic heterocycles. The summed E-state index contributed by atoms with van der Waals surface area (Å²) in [7, 11) is 1.45. The first kappa shape index (κ1) is 20.7. The van der Waals surface area contributed by atoms with E-state index < -0.39 is 41.7 Å². The average Bonchev–Trinajstić information content (AvgIpc) is 3.07. The average molecular weight is 461 g/mol. The molecular formula is C14H15BrClF4N5O. The van der Waals surface area contributed by atoms with Crippen LogP contribution in [0, 0.1) is 0 Å². The molecule has 0 unspecified atom stereocenters. The molecule has 0 atom stereocenters. The first-order valence-corrected chi connectivity index (χ1v) is 8.60. The molecule has 144 valence electrons. The van der Waals surface area contributed by atoms with Crippen LogP contribution in [0.3, 0.4) is 0 Å². The molecule has 0 bridgehead atoms. The fourth-order valence-electron chi connectivity index (χ4n) is 2.21. The molecule has 0 aromatic carbocycles. The van der Waals surface area contributed by atoms with Crippen LogP contribution in [0.2, 0.25) is 5.02 Å². The maximum absolute atomic E-state index is 13.1. The molecule has 2 aromatic rings. The molecule has 0 spiro atoms. The minimum Gasteiger partial charge on any atom is -0.338 e. The first-order chi connectivity index (χ1) is 12.1. The molecular weight excluding hydrogens is 446 g/mol. The van der Waals surface area contributed by atoms with Crippen LogP contribution in [0.5, 0.6) is 0 Å². The molecule has 0 N–H and O–H groups in total. The van der Waals surface area contributed by atoms with E-state index in [1.807, 2.05) is 6.92 Å². The summed E-state index contributed by atoms with van der Waals surface area (Å²) in [5.74, 6) is -0.607. The summed E-state index contributed by atoms with van der Waals surface area (Å²) in [5, 5.41) is 6.81. The molecule has 2 heterocycles. The fourth-order valence-corrected chi connectivity index (χ4v) is 2.95. The SMILES string of the molecule is CCn1cc(Br)c(CN(C)C(=O)Cn2nc(C(F)F)c(Cl)c2C(F)F)n1. The number of amides is 1. The van der Waals surface area contributed by atoms with E-state index in [2.05, 4.69) is 26.1 Å². The van der Waals surface area contributed by atoms with E-state index in [9.17, 15) is 22.4 Å². The highest BCUT2D eigenvalue weighted by Crippen LogP contribution is 2.34. The van der Waals surface area contributed by atoms with Crippen LogP contribution in [0.4, 0.5) is 17.6 Å². The molecule has 0 aliphatic carbocycles. The number of nitrogens with zero attached hydrogens (tertiary/aromatic N) is 5. The second kappa shape index (κ2) is 8.38. The summed E-state index contributed by atoms with van der Waals surface area (Å²) >= 11 is 8.89. The Bertz CT molecular complexity index is 795. The zero-order valence-corrected chi connectivity index (χ0v) is 16.1. The van der Waals surface area contributed by atoms with Crippen LogP contribution >= 0.6 is 27.5 Å². The summed E-state index contributed by atoms with van der Waals surface area (Å²) in [6, 6.07) is 0. The third-order valence-electron chi connectivity index (χ3n) is 3.58. The maximum Gasteiger partial charge on any atom is 0.283 e. The van der Waals surface area contributed by atoms with Gasteiger partial charge in [-0.15, -0.1) is 0 Å². The molecule has 0 saturated carbocycles. The van der Waals surface area contributed by atoms with Crippen molar-refractivity contribution >= 4 is 33.4 Å². The van der Waals surface area contributed by atoms with Crippen LogP contribution in [0.1, 0.15) is 36.9 Å². The van der Waals surface area contributed by atoms with Crippen LogP contribution in [0.15, 0.2) is 10.7 Å². The number of carbonyl (C=O) groups is 1. The highest BCUT2D eigenvalue weighted by atomic mass is 79.9. The lowest BCUT2D eigenvalue weighted by Crippen LogP contribution is -2.31. The Morgan fingerprint density at radius 2 is 1.96 bits per heavy atom. The Labute approximate surface area is 159 Å². The number of aromatic nitrogens is 4. The van der Waals surface area contributed by atoms with Crippen LogP contribution in [0.25, 0.3) is 0 Å². The minimum atomic E-state index is -3.14. The standard InChI is InChI=1S/C14H15BrClF4N5O/c1-3-24-4-7(15)8(21-24)5-23(2)9(26)6-25-12(14(19)20)10(16)11(22-25)13(17)18/h4,13-14H,3,5-6H2,1-2H3. The minimum absolute atomic E-state index is 0.104. The molecule has 12 heteroatoms. The van der Waals surface area contributed by atoms with Crippen molar-refractivity contribution in [2.24, 2.45) is 0 Å². The number of alkyl halides is 4. The van der Waals surface area contributed by atoms with Gasteiger partial charge in [-0.25, -0.2) is 17.6 Å². The van der Waals surface area contributed by atoms with Gasteiger partial charge in [-0.3, -0.25) is 14.2 Å². The Kier molecular flexibility index (Phi) is 6.67. The highest BCUT2D eigenvalue weighted by molar-refractivity contribution is 9.10. The van der Waals surface area contributed by atoms with Gasteiger partial charge in [-0.1, -0.05) is 11.6 Å². The number of hydrogen-bond acceptors (Lipinski definition) is 3. The number of aryl methyl sites for hydroxylation is 1. The molecule has 26 heavy (non-hydrogen) atoms. The number of hydrogen-bond donors (Lipinski definition) is 0. The van der Waals surface area contributed by atoms with Gasteiger partial charge in [0.15, 0.2) is 0 Å². The first-order valence-electron chi connectivity index (χ1n) is 7.43. The van der Waals surface area contributed by atoms with Crippen molar-refractivity contribution in [3.05, 3.63) is 32.8 Å². The second-order valence-corrected chi connectivity index (χ2v) is 6.61. The highest BCUT2D eigenvalue weighted by Gasteiger charge is 2.29. The van der Waals surface area contributed by atoms with Gasteiger partial charge < -0.3 is 4.90 Å². The lowest BCUT2D eigenvalue weighted by molar-refractivity contribution is -0.131. The predicted octanol–water partition coefficient (Wildman–Crippen LogP) is 4.05. The van der Waals surface area contributed by atoms with Crippen molar-refractivity contribution in [2.45, 2.75) is 39.4 Å². The van der Waals surface area contributed by atoms with Gasteiger partial charge in [0.1, 0.15) is 17.9 Å². The van der Waals surface area contributed by atoms with E-state index in [1.165, 1.54) is 11.9 Å². The Morgan fingerprint density at radius 3 is 2.46 bits per heavy atom. The largest absolute Gasteiger partial charge is 0.338 e. The topological polar surface area (TPSA) is 56.0 Å². The van der Waals surface area contributed by atoms with Crippen LogP contribution in [-0.4, -0.2) is 37.4 Å². The summed E-state index contributed by atoms with van der Waals surface area (Å²) in [6.07, 6.45) is -4.52. The lowest BCUT2D eigenvalue weighted by atomic mass is 10.3. The molecule has 0 aliphatic rings. The summed E-state index contributed by atoms with van der Waals surface area (Å²) in [5.41, 5.74) is -1.30. The van der Waals surface area contributed by atoms with Gasteiger partial charge in [-0.05, 0) is 22.9 Å². The number of rotatable bonds is 7. The van der Waals surface area contributed by atoms with Gasteiger partial charge in [0.2, 0.25) is 5.91 Å². The van der Waals surface area contributed by atoms with E-state index in [1.54, 1.807) is 10.9 Å². The van der Waals surface area contributed by atoms with E-state index >= 15 is 0 Å². The maximum atomic E-state index is 13.1. The van der Waals surface area contributed by atoms with E-state index in [0.717, 1.165) is 0 Å². The summed E-state index contributed by atoms with van der Waals surface area (Å²) < 4.78 is 54.8. The van der Waals surface area contributed by atoms with Gasteiger partial charge >= 0.3 is 0 Å². The predicted molar refractivity (Wildman–Crippen MR) is 89.2 cm³/mol. The lowest BCUT2D eigenvalue weighted by Gasteiger charge is -2.17. The Morgan fingerprint density at radius 1 is 1.31 bits per heavy atom. The fraction of sp³-hybridized carbons (Fsp3) is 0.500. The molecule has 0 saturated heterocycles. The van der Waals surface area contributed by atoms with Crippen LogP contribution < -0.4 is 0 Å². The van der Waals surface area contributed by atoms with Crippen molar-refractivity contribution in [3.8, 4) is 0 Å². The Balaban J connectivity index is 2.18. The zero-order chi connectivity index (χ0) is 19.6. The summed E-state index contributed by atoms with van der Waals surface area (Å²) in [4.78, 5) is 13.5. The molecule has 2 rings (SSSR count). The van der Waals surface area contributed by atoms with E-state index in [4.69, 9.17) is 11.6 Å². The number of likely N-dealkylation sites (N-methyl/N-ethyl adjacent to an activating group) is 1. The quantitative estimate of drug-likeness (QED) is 0.586. The zero-order valence-electron chi connectivity index (χ0n) is 13.8. The van der Waals surface area contributed by atoms with Crippen molar-refractivity contribution < 1.29 is 22.4 Å². The molecule has 0 radical (unpaired) electrons. The number of halogens is 6. The summed E-state index contributed by atoms with van der Waals surface area (Å²) in [6.45, 7) is 1.99. The van der Waals surface area contributed by atoms with Gasteiger partial charge in [0.25, 0.3) is 12.9 Å². The van der Waals surface area contributed by atoms with Crippen molar-refractivity contribution in [2.75, 3.05) is 7.05 Å². The second-order valence-electron chi connectivity index (χ2n) is 5.37. The van der Waals surface area contributed by atoms with Crippen LogP contribution in [-0.2, 0) is 24.4 Å². The van der Waals surface area contributed by atoms with E-state index in [0.29, 0.717) is 21.4 Å². The van der Waals surface area contributed by atoms with E-state index in [-0.39, 0.29) is 6.54 Å². The van der Waals surface area contributed by atoms with Crippen molar-refractivity contribution in [3.63, 3.8) is 0 Å². The Hall–Kier alpha value is -1.62. The molecule has 0 fully saturated rings. The number of carbonyl (C=O) groups excluding carboxylic acids is 1. The van der Waals surface area contributed by atoms with Gasteiger partial charge in [-0.2, -0.15) is 10.2 Å². The van der Waals surface area contributed by atoms with Crippen molar-refractivity contribution in [1.82, 2.24) is 24.5 Å². The normalized spacial score (nSPS) is 11.6. The molecule has 6 nitrogen and oxygen atoms in total. The third-order valence-corrected chi connectivity index (χ3v) is 4.63. The van der Waals surface area contributed by atoms with Gasteiger partial charge in [0.05, 0.1) is 21.7 Å².